The minimum atomic E-state index is -3.84. The summed E-state index contributed by atoms with van der Waals surface area (Å²) in [6, 6.07) is 9.22. The van der Waals surface area contributed by atoms with Crippen molar-refractivity contribution in [2.75, 3.05) is 26.3 Å². The van der Waals surface area contributed by atoms with Crippen molar-refractivity contribution in [1.82, 2.24) is 4.31 Å². The molecule has 0 unspecified atom stereocenters. The van der Waals surface area contributed by atoms with E-state index in [2.05, 4.69) is 13.8 Å². The highest BCUT2D eigenvalue weighted by molar-refractivity contribution is 7.89. The molecule has 1 heterocycles. The van der Waals surface area contributed by atoms with Crippen LogP contribution in [0.15, 0.2) is 41.3 Å². The van der Waals surface area contributed by atoms with Crippen LogP contribution in [0.1, 0.15) is 30.9 Å². The van der Waals surface area contributed by atoms with Gasteiger partial charge in [0.05, 0.1) is 23.0 Å². The van der Waals surface area contributed by atoms with E-state index in [1.54, 1.807) is 6.07 Å². The molecular weight excluding hydrogens is 396 g/mol. The summed E-state index contributed by atoms with van der Waals surface area (Å²) in [6.45, 7) is 7.16. The van der Waals surface area contributed by atoms with Gasteiger partial charge in [0.15, 0.2) is 0 Å². The van der Waals surface area contributed by atoms with E-state index in [9.17, 15) is 18.5 Å². The lowest BCUT2D eigenvalue weighted by Gasteiger charge is -2.26. The molecule has 1 fully saturated rings. The predicted molar refractivity (Wildman–Crippen MR) is 108 cm³/mol. The molecule has 9 heteroatoms. The van der Waals surface area contributed by atoms with Crippen molar-refractivity contribution < 1.29 is 22.8 Å². The van der Waals surface area contributed by atoms with Gasteiger partial charge < -0.3 is 9.47 Å². The fourth-order valence-corrected chi connectivity index (χ4v) is 4.74. The second kappa shape index (κ2) is 8.48. The fraction of sp³-hybridized carbons (Fsp3) is 0.400. The summed E-state index contributed by atoms with van der Waals surface area (Å²) in [7, 11) is -3.84. The number of benzene rings is 2. The molecule has 0 aromatic heterocycles. The van der Waals surface area contributed by atoms with E-state index in [0.29, 0.717) is 24.9 Å². The van der Waals surface area contributed by atoms with E-state index in [1.165, 1.54) is 22.0 Å². The van der Waals surface area contributed by atoms with Crippen LogP contribution in [-0.4, -0.2) is 43.9 Å². The zero-order valence-corrected chi connectivity index (χ0v) is 17.4. The summed E-state index contributed by atoms with van der Waals surface area (Å²) in [4.78, 5) is 10.8. The maximum absolute atomic E-state index is 12.8. The lowest BCUT2D eigenvalue weighted by Crippen LogP contribution is -2.40. The first kappa shape index (κ1) is 21.2. The van der Waals surface area contributed by atoms with Gasteiger partial charge >= 0.3 is 5.69 Å². The van der Waals surface area contributed by atoms with E-state index >= 15 is 0 Å². The average molecular weight is 420 g/mol. The van der Waals surface area contributed by atoms with Crippen LogP contribution < -0.4 is 4.74 Å². The van der Waals surface area contributed by atoms with Gasteiger partial charge in [0.1, 0.15) is 5.75 Å². The molecular formula is C20H24N2O6S. The van der Waals surface area contributed by atoms with Crippen LogP contribution in [-0.2, 0) is 14.8 Å². The fourth-order valence-electron chi connectivity index (χ4n) is 3.31. The van der Waals surface area contributed by atoms with Crippen LogP contribution in [0.5, 0.6) is 11.5 Å². The van der Waals surface area contributed by atoms with E-state index < -0.39 is 20.6 Å². The van der Waals surface area contributed by atoms with E-state index in [1.807, 2.05) is 19.1 Å². The molecule has 0 aliphatic carbocycles. The molecule has 2 aromatic carbocycles. The molecule has 3 rings (SSSR count). The third kappa shape index (κ3) is 4.58. The Morgan fingerprint density at radius 3 is 2.41 bits per heavy atom. The minimum Gasteiger partial charge on any atom is -0.450 e. The van der Waals surface area contributed by atoms with Gasteiger partial charge in [-0.2, -0.15) is 4.31 Å². The van der Waals surface area contributed by atoms with Crippen LogP contribution in [0.2, 0.25) is 0 Å². The molecule has 156 valence electrons. The first-order chi connectivity index (χ1) is 13.7. The van der Waals surface area contributed by atoms with Gasteiger partial charge in [0, 0.05) is 19.2 Å². The van der Waals surface area contributed by atoms with E-state index in [-0.39, 0.29) is 23.7 Å². The smallest absolute Gasteiger partial charge is 0.312 e. The number of rotatable bonds is 6. The maximum atomic E-state index is 12.8. The van der Waals surface area contributed by atoms with Crippen molar-refractivity contribution in [1.29, 1.82) is 0 Å². The number of hydrogen-bond acceptors (Lipinski definition) is 6. The summed E-state index contributed by atoms with van der Waals surface area (Å²) in [5.41, 5.74) is 1.79. The Hall–Kier alpha value is -2.49. The molecule has 0 amide bonds. The van der Waals surface area contributed by atoms with Crippen LogP contribution in [0, 0.1) is 17.0 Å². The molecule has 0 atom stereocenters. The first-order valence-corrected chi connectivity index (χ1v) is 10.8. The number of sulfonamides is 1. The summed E-state index contributed by atoms with van der Waals surface area (Å²) < 4.78 is 37.7. The molecule has 0 saturated carbocycles. The first-order valence-electron chi connectivity index (χ1n) is 9.35. The Morgan fingerprint density at radius 1 is 1.14 bits per heavy atom. The summed E-state index contributed by atoms with van der Waals surface area (Å²) in [6.07, 6.45) is 0. The Morgan fingerprint density at radius 2 is 1.83 bits per heavy atom. The molecule has 0 N–H and O–H groups in total. The topological polar surface area (TPSA) is 99.0 Å². The van der Waals surface area contributed by atoms with Crippen molar-refractivity contribution in [2.45, 2.75) is 31.6 Å². The Balaban J connectivity index is 1.93. The lowest BCUT2D eigenvalue weighted by atomic mass is 9.98. The number of hydrogen-bond donors (Lipinski definition) is 0. The standard InChI is InChI=1S/C20H24N2O6S/c1-14(2)18-6-4-16(12-15(18)3)28-20-7-5-17(13-19(20)22(23)24)29(25,26)21-8-10-27-11-9-21/h4-7,12-14H,8-11H2,1-3H3. The highest BCUT2D eigenvalue weighted by Gasteiger charge is 2.29. The van der Waals surface area contributed by atoms with Crippen molar-refractivity contribution in [3.63, 3.8) is 0 Å². The largest absolute Gasteiger partial charge is 0.450 e. The average Bonchev–Trinajstić information content (AvgIpc) is 2.68. The summed E-state index contributed by atoms with van der Waals surface area (Å²) in [5, 5.41) is 11.6. The van der Waals surface area contributed by atoms with Crippen LogP contribution in [0.4, 0.5) is 5.69 Å². The number of aryl methyl sites for hydroxylation is 1. The third-order valence-electron chi connectivity index (χ3n) is 4.83. The van der Waals surface area contributed by atoms with Crippen molar-refractivity contribution >= 4 is 15.7 Å². The molecule has 0 radical (unpaired) electrons. The summed E-state index contributed by atoms with van der Waals surface area (Å²) >= 11 is 0. The number of morpholine rings is 1. The quantitative estimate of drug-likeness (QED) is 0.520. The highest BCUT2D eigenvalue weighted by atomic mass is 32.2. The number of nitro groups is 1. The normalized spacial score (nSPS) is 15.4. The maximum Gasteiger partial charge on any atom is 0.312 e. The molecule has 0 spiro atoms. The molecule has 1 aliphatic rings. The minimum absolute atomic E-state index is 0.00683. The Bertz CT molecular complexity index is 1010. The highest BCUT2D eigenvalue weighted by Crippen LogP contribution is 2.35. The predicted octanol–water partition coefficient (Wildman–Crippen LogP) is 3.84. The van der Waals surface area contributed by atoms with Gasteiger partial charge in [-0.15, -0.1) is 0 Å². The van der Waals surface area contributed by atoms with E-state index in [0.717, 1.165) is 11.6 Å². The van der Waals surface area contributed by atoms with Crippen LogP contribution >= 0.6 is 0 Å². The zero-order chi connectivity index (χ0) is 21.2. The van der Waals surface area contributed by atoms with E-state index in [4.69, 9.17) is 9.47 Å². The van der Waals surface area contributed by atoms with Crippen LogP contribution in [0.25, 0.3) is 0 Å². The molecule has 1 aliphatic heterocycles. The van der Waals surface area contributed by atoms with Gasteiger partial charge in [0.2, 0.25) is 15.8 Å². The molecule has 29 heavy (non-hydrogen) atoms. The SMILES string of the molecule is Cc1cc(Oc2ccc(S(=O)(=O)N3CCOCC3)cc2[N+](=O)[O-])ccc1C(C)C. The molecule has 0 bridgehead atoms. The van der Waals surface area contributed by atoms with Gasteiger partial charge in [-0.05, 0) is 48.2 Å². The number of nitrogens with zero attached hydrogens (tertiary/aromatic N) is 2. The number of nitro benzene ring substituents is 1. The van der Waals surface area contributed by atoms with Crippen molar-refractivity contribution in [2.24, 2.45) is 0 Å². The van der Waals surface area contributed by atoms with Gasteiger partial charge in [0.25, 0.3) is 0 Å². The second-order valence-corrected chi connectivity index (χ2v) is 9.12. The molecule has 8 nitrogen and oxygen atoms in total. The Labute approximate surface area is 170 Å². The number of ether oxygens (including phenoxy) is 2. The van der Waals surface area contributed by atoms with Gasteiger partial charge in [-0.1, -0.05) is 19.9 Å². The third-order valence-corrected chi connectivity index (χ3v) is 6.72. The molecule has 2 aromatic rings. The molecule has 1 saturated heterocycles. The lowest BCUT2D eigenvalue weighted by molar-refractivity contribution is -0.385. The van der Waals surface area contributed by atoms with Crippen molar-refractivity contribution in [3.05, 3.63) is 57.6 Å². The van der Waals surface area contributed by atoms with Gasteiger partial charge in [-0.25, -0.2) is 8.42 Å². The summed E-state index contributed by atoms with van der Waals surface area (Å²) in [5.74, 6) is 0.800. The van der Waals surface area contributed by atoms with Gasteiger partial charge in [-0.3, -0.25) is 10.1 Å². The van der Waals surface area contributed by atoms with Crippen molar-refractivity contribution in [3.8, 4) is 11.5 Å². The Kier molecular flexibility index (Phi) is 6.21. The zero-order valence-electron chi connectivity index (χ0n) is 16.6. The monoisotopic (exact) mass is 420 g/mol. The van der Waals surface area contributed by atoms with Crippen LogP contribution in [0.3, 0.4) is 0 Å². The second-order valence-electron chi connectivity index (χ2n) is 7.18.